The third-order valence-electron chi connectivity index (χ3n) is 5.20. The molecule has 0 amide bonds. The summed E-state index contributed by atoms with van der Waals surface area (Å²) in [6, 6.07) is 18.0. The van der Waals surface area contributed by atoms with Crippen molar-refractivity contribution in [2.45, 2.75) is 11.9 Å². The number of allylic oxidation sites excluding steroid dienone is 2. The second kappa shape index (κ2) is 7.23. The monoisotopic (exact) mass is 438 g/mol. The normalized spacial score (nSPS) is 22.7. The van der Waals surface area contributed by atoms with E-state index in [-0.39, 0.29) is 24.8 Å². The van der Waals surface area contributed by atoms with Crippen LogP contribution >= 0.6 is 24.8 Å². The number of hydrogen-bond acceptors (Lipinski definition) is 0. The molecule has 2 aromatic rings. The molecule has 0 radical (unpaired) electrons. The van der Waals surface area contributed by atoms with Crippen LogP contribution in [-0.2, 0) is 19.4 Å². The molecule has 0 bridgehead atoms. The van der Waals surface area contributed by atoms with Crippen molar-refractivity contribution in [3.05, 3.63) is 82.9 Å². The molecule has 4 rings (SSSR count). The average Bonchev–Trinajstić information content (AvgIpc) is 3.12. The van der Waals surface area contributed by atoms with Gasteiger partial charge in [-0.05, 0) is 0 Å². The summed E-state index contributed by atoms with van der Waals surface area (Å²) in [4.78, 5) is 0. The molecule has 23 heavy (non-hydrogen) atoms. The summed E-state index contributed by atoms with van der Waals surface area (Å²) >= 11 is -2.24. The molecule has 0 saturated heterocycles. The first-order chi connectivity index (χ1) is 10.2. The van der Waals surface area contributed by atoms with E-state index in [9.17, 15) is 0 Å². The van der Waals surface area contributed by atoms with Crippen molar-refractivity contribution in [3.8, 4) is 0 Å². The first-order valence-corrected chi connectivity index (χ1v) is 21.4. The van der Waals surface area contributed by atoms with Gasteiger partial charge in [-0.1, -0.05) is 0 Å². The summed E-state index contributed by atoms with van der Waals surface area (Å²) in [5.74, 6) is 0. The van der Waals surface area contributed by atoms with Crippen LogP contribution in [0.3, 0.4) is 0 Å². The van der Waals surface area contributed by atoms with Crippen molar-refractivity contribution in [2.75, 3.05) is 0 Å². The molecule has 0 N–H and O–H groups in total. The van der Waals surface area contributed by atoms with Gasteiger partial charge in [0.2, 0.25) is 0 Å². The Morgan fingerprint density at radius 3 is 1.57 bits per heavy atom. The van der Waals surface area contributed by atoms with Crippen molar-refractivity contribution in [1.82, 2.24) is 0 Å². The predicted octanol–water partition coefficient (Wildman–Crippen LogP) is 4.85. The molecular weight excluding hydrogens is 418 g/mol. The van der Waals surface area contributed by atoms with Gasteiger partial charge in [0, 0.05) is 0 Å². The molecule has 0 nitrogen and oxygen atoms in total. The molecule has 4 heteroatoms. The van der Waals surface area contributed by atoms with Crippen LogP contribution in [0.5, 0.6) is 0 Å². The molecular formula is C19H22Cl2SiZr. The van der Waals surface area contributed by atoms with Gasteiger partial charge in [-0.3, -0.25) is 0 Å². The van der Waals surface area contributed by atoms with Crippen molar-refractivity contribution in [1.29, 1.82) is 0 Å². The number of benzene rings is 2. The minimum atomic E-state index is -2.24. The van der Waals surface area contributed by atoms with Gasteiger partial charge < -0.3 is 0 Å². The molecule has 0 saturated carbocycles. The molecule has 0 spiro atoms. The topological polar surface area (TPSA) is 0 Å². The number of fused-ring (bicyclic) bond motifs is 2. The zero-order valence-corrected chi connectivity index (χ0v) is 19.5. The Kier molecular flexibility index (Phi) is 5.95. The SMILES string of the molecule is Cl.Cl.[CH3][Zr]([SiH3])([CH]1C=Cc2ccccc21)[CH]1C=Cc2ccccc21. The number of hydrogen-bond donors (Lipinski definition) is 0. The second-order valence-corrected chi connectivity index (χ2v) is 31.5. The molecule has 2 atom stereocenters. The Morgan fingerprint density at radius 2 is 1.13 bits per heavy atom. The van der Waals surface area contributed by atoms with Gasteiger partial charge in [-0.2, -0.15) is 0 Å². The minimum absolute atomic E-state index is 0. The van der Waals surface area contributed by atoms with Crippen LogP contribution in [0.4, 0.5) is 0 Å². The zero-order chi connectivity index (χ0) is 14.4. The van der Waals surface area contributed by atoms with E-state index in [1.54, 1.807) is 11.1 Å². The van der Waals surface area contributed by atoms with E-state index in [0.717, 1.165) is 7.25 Å². The Labute approximate surface area is 157 Å². The second-order valence-electron chi connectivity index (χ2n) is 6.75. The summed E-state index contributed by atoms with van der Waals surface area (Å²) in [6.45, 7) is 0. The van der Waals surface area contributed by atoms with Crippen LogP contribution in [0.25, 0.3) is 12.2 Å². The van der Waals surface area contributed by atoms with Crippen molar-refractivity contribution in [2.24, 2.45) is 0 Å². The fraction of sp³-hybridized carbons (Fsp3) is 0.158. The van der Waals surface area contributed by atoms with Crippen LogP contribution in [0, 0.1) is 0 Å². The third-order valence-corrected chi connectivity index (χ3v) is 22.9. The summed E-state index contributed by atoms with van der Waals surface area (Å²) < 4.78 is 4.18. The Balaban J connectivity index is 0.000000960. The van der Waals surface area contributed by atoms with Gasteiger partial charge in [0.15, 0.2) is 0 Å². The molecule has 2 aromatic carbocycles. The van der Waals surface area contributed by atoms with E-state index in [1.165, 1.54) is 18.5 Å². The fourth-order valence-corrected chi connectivity index (χ4v) is 19.0. The van der Waals surface area contributed by atoms with Gasteiger partial charge in [0.1, 0.15) is 0 Å². The third kappa shape index (κ3) is 3.12. The van der Waals surface area contributed by atoms with Crippen molar-refractivity contribution >= 4 is 44.3 Å². The van der Waals surface area contributed by atoms with Crippen molar-refractivity contribution in [3.63, 3.8) is 0 Å². The zero-order valence-electron chi connectivity index (χ0n) is 13.4. The summed E-state index contributed by atoms with van der Waals surface area (Å²) in [6.07, 6.45) is 9.75. The Morgan fingerprint density at radius 1 is 0.739 bits per heavy atom. The average molecular weight is 441 g/mol. The molecule has 2 unspecified atom stereocenters. The summed E-state index contributed by atoms with van der Waals surface area (Å²) in [5, 5.41) is 0. The van der Waals surface area contributed by atoms with Crippen LogP contribution in [0.2, 0.25) is 4.63 Å². The van der Waals surface area contributed by atoms with Crippen LogP contribution < -0.4 is 0 Å². The Hall–Kier alpha value is -0.400. The van der Waals surface area contributed by atoms with Crippen LogP contribution in [0.15, 0.2) is 60.7 Å². The van der Waals surface area contributed by atoms with E-state index in [2.05, 4.69) is 77.5 Å². The summed E-state index contributed by atoms with van der Waals surface area (Å²) in [7, 11) is 1.38. The van der Waals surface area contributed by atoms with Crippen LogP contribution in [0.1, 0.15) is 29.5 Å². The van der Waals surface area contributed by atoms with Gasteiger partial charge in [0.25, 0.3) is 0 Å². The first-order valence-electron chi connectivity index (χ1n) is 7.72. The molecule has 0 heterocycles. The quantitative estimate of drug-likeness (QED) is 0.586. The van der Waals surface area contributed by atoms with Gasteiger partial charge in [-0.25, -0.2) is 0 Å². The number of halogens is 2. The molecule has 120 valence electrons. The maximum absolute atomic E-state index is 2.68. The molecule has 0 aliphatic heterocycles. The predicted molar refractivity (Wildman–Crippen MR) is 107 cm³/mol. The maximum atomic E-state index is 2.68. The first kappa shape index (κ1) is 18.9. The van der Waals surface area contributed by atoms with Crippen LogP contribution in [-0.4, -0.2) is 7.37 Å². The van der Waals surface area contributed by atoms with E-state index in [1.807, 2.05) is 0 Å². The standard InChI is InChI=1S/2C9H7.CH3.2ClH.H3Si.Zr/c2*1-2-5-9-7-3-6-8(9)4-1;;;;;/h2*1-7H;1H3;2*1H;1H3;. The van der Waals surface area contributed by atoms with Gasteiger partial charge >= 0.3 is 134 Å². The number of rotatable bonds is 2. The molecule has 0 aromatic heterocycles. The summed E-state index contributed by atoms with van der Waals surface area (Å²) in [5.41, 5.74) is 6.11. The van der Waals surface area contributed by atoms with E-state index < -0.39 is 19.4 Å². The molecule has 2 aliphatic rings. The fourth-order valence-electron chi connectivity index (χ4n) is 3.99. The van der Waals surface area contributed by atoms with E-state index >= 15 is 0 Å². The van der Waals surface area contributed by atoms with Crippen molar-refractivity contribution < 1.29 is 19.4 Å². The van der Waals surface area contributed by atoms with E-state index in [4.69, 9.17) is 0 Å². The van der Waals surface area contributed by atoms with E-state index in [0.29, 0.717) is 0 Å². The molecule has 0 fully saturated rings. The van der Waals surface area contributed by atoms with Gasteiger partial charge in [0.05, 0.1) is 0 Å². The van der Waals surface area contributed by atoms with Gasteiger partial charge in [-0.15, -0.1) is 24.8 Å². The molecule has 2 aliphatic carbocycles. The Bertz CT molecular complexity index is 704.